The minimum absolute atomic E-state index is 0.721. The summed E-state index contributed by atoms with van der Waals surface area (Å²) < 4.78 is 2.13. The molecule has 0 amide bonds. The van der Waals surface area contributed by atoms with Crippen LogP contribution in [0, 0.1) is 13.8 Å². The average molecular weight is 349 g/mol. The third kappa shape index (κ3) is 2.99. The first kappa shape index (κ1) is 15.7. The molecule has 0 saturated carbocycles. The summed E-state index contributed by atoms with van der Waals surface area (Å²) in [6.45, 7) is 4.19. The van der Waals surface area contributed by atoms with Crippen LogP contribution in [0.2, 0.25) is 5.02 Å². The van der Waals surface area contributed by atoms with Gasteiger partial charge in [0.15, 0.2) is 5.69 Å². The lowest BCUT2D eigenvalue weighted by Crippen LogP contribution is -2.22. The predicted octanol–water partition coefficient (Wildman–Crippen LogP) is 5.43. The van der Waals surface area contributed by atoms with Crippen molar-refractivity contribution in [2.24, 2.45) is 0 Å². The molecule has 3 nitrogen and oxygen atoms in total. The number of aryl methyl sites for hydroxylation is 2. The number of H-pyrrole nitrogens is 1. The highest BCUT2D eigenvalue weighted by atomic mass is 35.5. The smallest absolute Gasteiger partial charge is 0.270 e. The van der Waals surface area contributed by atoms with Gasteiger partial charge in [0.05, 0.1) is 11.9 Å². The van der Waals surface area contributed by atoms with E-state index in [0.717, 1.165) is 33.4 Å². The first-order valence-corrected chi connectivity index (χ1v) is 8.62. The molecule has 0 aliphatic carbocycles. The Bertz CT molecular complexity index is 1070. The van der Waals surface area contributed by atoms with Crippen LogP contribution in [0.1, 0.15) is 11.1 Å². The molecule has 0 aliphatic rings. The number of hydrogen-bond donors (Lipinski definition) is 2. The van der Waals surface area contributed by atoms with E-state index in [1.54, 1.807) is 0 Å². The van der Waals surface area contributed by atoms with Crippen molar-refractivity contribution < 1.29 is 4.40 Å². The van der Waals surface area contributed by atoms with Crippen molar-refractivity contribution in [3.8, 4) is 11.3 Å². The van der Waals surface area contributed by atoms with Gasteiger partial charge in [-0.15, -0.1) is 0 Å². The number of fused-ring (bicyclic) bond motifs is 1. The van der Waals surface area contributed by atoms with Gasteiger partial charge in [0.25, 0.3) is 5.82 Å². The zero-order valence-corrected chi connectivity index (χ0v) is 14.9. The number of halogens is 1. The van der Waals surface area contributed by atoms with Crippen molar-refractivity contribution in [2.45, 2.75) is 13.8 Å². The molecule has 0 bridgehead atoms. The van der Waals surface area contributed by atoms with Crippen molar-refractivity contribution >= 4 is 28.8 Å². The summed E-state index contributed by atoms with van der Waals surface area (Å²) in [5, 5.41) is 4.31. The molecule has 0 fully saturated rings. The van der Waals surface area contributed by atoms with E-state index in [2.05, 4.69) is 65.1 Å². The number of aromatic amines is 1. The maximum atomic E-state index is 6.22. The number of pyridine rings is 1. The Morgan fingerprint density at radius 3 is 2.60 bits per heavy atom. The molecule has 4 heteroatoms. The average Bonchev–Trinajstić information content (AvgIpc) is 2.94. The Morgan fingerprint density at radius 2 is 1.80 bits per heavy atom. The van der Waals surface area contributed by atoms with Crippen molar-refractivity contribution in [1.82, 2.24) is 4.98 Å². The molecule has 2 aromatic carbocycles. The zero-order chi connectivity index (χ0) is 17.4. The van der Waals surface area contributed by atoms with E-state index in [-0.39, 0.29) is 0 Å². The third-order valence-electron chi connectivity index (χ3n) is 4.35. The second-order valence-electron chi connectivity index (χ2n) is 6.26. The van der Waals surface area contributed by atoms with E-state index in [9.17, 15) is 0 Å². The highest BCUT2D eigenvalue weighted by Crippen LogP contribution is 2.30. The predicted molar refractivity (Wildman–Crippen MR) is 104 cm³/mol. The van der Waals surface area contributed by atoms with Crippen LogP contribution in [-0.2, 0) is 0 Å². The summed E-state index contributed by atoms with van der Waals surface area (Å²) in [6.07, 6.45) is 2.08. The number of para-hydroxylation sites is 1. The van der Waals surface area contributed by atoms with E-state index >= 15 is 0 Å². The molecule has 2 aromatic heterocycles. The third-order valence-corrected chi connectivity index (χ3v) is 4.59. The van der Waals surface area contributed by atoms with E-state index in [4.69, 9.17) is 11.6 Å². The van der Waals surface area contributed by atoms with Gasteiger partial charge in [-0.3, -0.25) is 10.3 Å². The summed E-state index contributed by atoms with van der Waals surface area (Å²) in [6, 6.07) is 20.4. The van der Waals surface area contributed by atoms with Gasteiger partial charge >= 0.3 is 0 Å². The van der Waals surface area contributed by atoms with Crippen LogP contribution < -0.4 is 9.72 Å². The van der Waals surface area contributed by atoms with E-state index < -0.39 is 0 Å². The zero-order valence-electron chi connectivity index (χ0n) is 14.2. The van der Waals surface area contributed by atoms with Gasteiger partial charge in [-0.05, 0) is 49.2 Å². The quantitative estimate of drug-likeness (QED) is 0.475. The monoisotopic (exact) mass is 348 g/mol. The van der Waals surface area contributed by atoms with Gasteiger partial charge in [0.2, 0.25) is 5.65 Å². The number of aromatic nitrogens is 2. The molecule has 0 unspecified atom stereocenters. The van der Waals surface area contributed by atoms with Crippen LogP contribution in [0.4, 0.5) is 11.5 Å². The maximum Gasteiger partial charge on any atom is 0.271 e. The number of nitrogens with zero attached hydrogens (tertiary/aromatic N) is 1. The van der Waals surface area contributed by atoms with Gasteiger partial charge in [0, 0.05) is 16.7 Å². The summed E-state index contributed by atoms with van der Waals surface area (Å²) in [7, 11) is 0. The molecule has 0 atom stereocenters. The number of anilines is 2. The number of nitrogens with one attached hydrogen (secondary N) is 2. The van der Waals surface area contributed by atoms with Gasteiger partial charge in [-0.2, -0.15) is 0 Å². The Balaban J connectivity index is 1.94. The minimum atomic E-state index is 0.721. The summed E-state index contributed by atoms with van der Waals surface area (Å²) in [4.78, 5) is 3.53. The largest absolute Gasteiger partial charge is 0.271 e. The summed E-state index contributed by atoms with van der Waals surface area (Å²) in [5.41, 5.74) is 6.58. The fourth-order valence-corrected chi connectivity index (χ4v) is 3.21. The molecule has 0 aliphatic heterocycles. The molecule has 0 saturated heterocycles. The molecular weight excluding hydrogens is 330 g/mol. The molecule has 4 aromatic rings. The van der Waals surface area contributed by atoms with E-state index in [1.165, 1.54) is 11.1 Å². The molecule has 0 radical (unpaired) electrons. The molecular formula is C21H19ClN3+. The van der Waals surface area contributed by atoms with Crippen LogP contribution >= 0.6 is 11.6 Å². The molecule has 2 heterocycles. The SMILES string of the molecule is Cc1cc[n+]2c(Nc3ccccc3C)c(-c3cccc(Cl)c3)[nH]c2c1. The van der Waals surface area contributed by atoms with Crippen molar-refractivity contribution in [1.29, 1.82) is 0 Å². The van der Waals surface area contributed by atoms with Crippen molar-refractivity contribution in [2.75, 3.05) is 5.32 Å². The van der Waals surface area contributed by atoms with Gasteiger partial charge in [-0.25, -0.2) is 4.40 Å². The fraction of sp³-hybridized carbons (Fsp3) is 0.0952. The van der Waals surface area contributed by atoms with Gasteiger partial charge in [0.1, 0.15) is 0 Å². The second kappa shape index (κ2) is 6.26. The van der Waals surface area contributed by atoms with Crippen LogP contribution in [-0.4, -0.2) is 4.98 Å². The topological polar surface area (TPSA) is 31.9 Å². The first-order chi connectivity index (χ1) is 12.1. The Morgan fingerprint density at radius 1 is 0.960 bits per heavy atom. The maximum absolute atomic E-state index is 6.22. The van der Waals surface area contributed by atoms with E-state index in [0.29, 0.717) is 0 Å². The molecule has 2 N–H and O–H groups in total. The summed E-state index contributed by atoms with van der Waals surface area (Å²) in [5.74, 6) is 0.992. The Hall–Kier alpha value is -2.78. The number of imidazole rings is 1. The summed E-state index contributed by atoms with van der Waals surface area (Å²) >= 11 is 6.22. The molecule has 124 valence electrons. The molecule has 0 spiro atoms. The van der Waals surface area contributed by atoms with Gasteiger partial charge in [-0.1, -0.05) is 41.9 Å². The van der Waals surface area contributed by atoms with Crippen LogP contribution in [0.15, 0.2) is 66.9 Å². The highest BCUT2D eigenvalue weighted by Gasteiger charge is 2.21. The number of hydrogen-bond acceptors (Lipinski definition) is 1. The van der Waals surface area contributed by atoms with Crippen molar-refractivity contribution in [3.05, 3.63) is 83.0 Å². The van der Waals surface area contributed by atoms with Crippen LogP contribution in [0.25, 0.3) is 16.9 Å². The molecule has 25 heavy (non-hydrogen) atoms. The first-order valence-electron chi connectivity index (χ1n) is 8.24. The highest BCUT2D eigenvalue weighted by molar-refractivity contribution is 6.30. The normalized spacial score (nSPS) is 11.0. The lowest BCUT2D eigenvalue weighted by atomic mass is 10.1. The lowest BCUT2D eigenvalue weighted by molar-refractivity contribution is -0.494. The van der Waals surface area contributed by atoms with Crippen LogP contribution in [0.3, 0.4) is 0 Å². The lowest BCUT2D eigenvalue weighted by Gasteiger charge is -2.06. The Kier molecular flexibility index (Phi) is 3.94. The van der Waals surface area contributed by atoms with Crippen LogP contribution in [0.5, 0.6) is 0 Å². The molecule has 4 rings (SSSR count). The fourth-order valence-electron chi connectivity index (χ4n) is 3.02. The standard InChI is InChI=1S/C21H18ClN3/c1-14-10-11-25-19(12-14)24-20(16-7-5-8-17(22)13-16)21(25)23-18-9-4-3-6-15(18)2/h3-13,23H,1-2H3/p+1. The number of benzene rings is 2. The van der Waals surface area contributed by atoms with E-state index in [1.807, 2.05) is 30.3 Å². The van der Waals surface area contributed by atoms with Crippen molar-refractivity contribution in [3.63, 3.8) is 0 Å². The number of rotatable bonds is 3. The Labute approximate surface area is 151 Å². The minimum Gasteiger partial charge on any atom is -0.270 e. The second-order valence-corrected chi connectivity index (χ2v) is 6.69. The van der Waals surface area contributed by atoms with Gasteiger partial charge < -0.3 is 0 Å².